The molecule has 0 unspecified atom stereocenters. The number of nitrogens with zero attached hydrogens (tertiary/aromatic N) is 4. The molecule has 3 N–H and O–H groups in total. The summed E-state index contributed by atoms with van der Waals surface area (Å²) in [6, 6.07) is 16.1. The Morgan fingerprint density at radius 1 is 1.03 bits per heavy atom. The number of nitrogens with two attached hydrogens (primary N) is 1. The number of ether oxygens (including phenoxy) is 2. The molecule has 0 radical (unpaired) electrons. The zero-order valence-corrected chi connectivity index (χ0v) is 17.8. The number of methoxy groups -OCH3 is 1. The van der Waals surface area contributed by atoms with Gasteiger partial charge < -0.3 is 25.4 Å². The second kappa shape index (κ2) is 8.68. The van der Waals surface area contributed by atoms with Crippen LogP contribution in [0, 0.1) is 0 Å². The van der Waals surface area contributed by atoms with Gasteiger partial charge in [-0.25, -0.2) is 4.98 Å². The maximum atomic E-state index is 5.91. The molecule has 0 aliphatic carbocycles. The third-order valence-electron chi connectivity index (χ3n) is 5.50. The van der Waals surface area contributed by atoms with Crippen molar-refractivity contribution >= 4 is 34.0 Å². The van der Waals surface area contributed by atoms with Crippen molar-refractivity contribution < 1.29 is 9.47 Å². The normalized spacial score (nSPS) is 13.8. The molecule has 8 heteroatoms. The number of pyridine rings is 1. The Bertz CT molecular complexity index is 1260. The SMILES string of the molecule is COc1cc(-c2cnc(N)nc2Nc2cnc3ccccc3c2)ccc1N1CCOCC1. The Hall–Kier alpha value is -3.91. The van der Waals surface area contributed by atoms with Crippen LogP contribution in [-0.4, -0.2) is 48.4 Å². The van der Waals surface area contributed by atoms with Crippen molar-refractivity contribution in [2.24, 2.45) is 0 Å². The summed E-state index contributed by atoms with van der Waals surface area (Å²) >= 11 is 0. The number of para-hydroxylation sites is 1. The molecular formula is C24H24N6O2. The van der Waals surface area contributed by atoms with Crippen molar-refractivity contribution in [3.8, 4) is 16.9 Å². The number of fused-ring (bicyclic) bond motifs is 1. The molecule has 1 aliphatic rings. The Kier molecular flexibility index (Phi) is 5.43. The average molecular weight is 428 g/mol. The van der Waals surface area contributed by atoms with E-state index in [0.717, 1.165) is 52.2 Å². The fourth-order valence-corrected chi connectivity index (χ4v) is 3.89. The van der Waals surface area contributed by atoms with Crippen LogP contribution in [0.1, 0.15) is 0 Å². The zero-order chi connectivity index (χ0) is 21.9. The van der Waals surface area contributed by atoms with Crippen molar-refractivity contribution in [1.82, 2.24) is 15.0 Å². The van der Waals surface area contributed by atoms with Crippen LogP contribution in [0.4, 0.5) is 23.1 Å². The molecule has 3 heterocycles. The molecule has 32 heavy (non-hydrogen) atoms. The number of morpholine rings is 1. The van der Waals surface area contributed by atoms with Crippen molar-refractivity contribution in [2.75, 3.05) is 49.4 Å². The van der Waals surface area contributed by atoms with E-state index in [1.54, 1.807) is 19.5 Å². The quantitative estimate of drug-likeness (QED) is 0.494. The van der Waals surface area contributed by atoms with Gasteiger partial charge in [-0.1, -0.05) is 24.3 Å². The molecule has 2 aromatic carbocycles. The second-order valence-electron chi connectivity index (χ2n) is 7.52. The lowest BCUT2D eigenvalue weighted by molar-refractivity contribution is 0.122. The smallest absolute Gasteiger partial charge is 0.221 e. The minimum atomic E-state index is 0.196. The first kappa shape index (κ1) is 20.0. The molecule has 1 saturated heterocycles. The fourth-order valence-electron chi connectivity index (χ4n) is 3.89. The lowest BCUT2D eigenvalue weighted by Crippen LogP contribution is -2.36. The minimum Gasteiger partial charge on any atom is -0.495 e. The summed E-state index contributed by atoms with van der Waals surface area (Å²) in [6.45, 7) is 3.10. The van der Waals surface area contributed by atoms with Gasteiger partial charge in [-0.3, -0.25) is 4.98 Å². The summed E-state index contributed by atoms with van der Waals surface area (Å²) in [4.78, 5) is 15.5. The molecule has 0 bridgehead atoms. The molecule has 4 aromatic rings. The monoisotopic (exact) mass is 428 g/mol. The lowest BCUT2D eigenvalue weighted by atomic mass is 10.1. The standard InChI is InChI=1S/C24H24N6O2/c1-31-22-13-16(6-7-21(22)30-8-10-32-11-9-30)19-15-27-24(25)29-23(19)28-18-12-17-4-2-3-5-20(17)26-14-18/h2-7,12-15H,8-11H2,1H3,(H3,25,27,28,29). The van der Waals surface area contributed by atoms with Crippen LogP contribution in [0.5, 0.6) is 5.75 Å². The summed E-state index contributed by atoms with van der Waals surface area (Å²) in [5.74, 6) is 1.59. The Labute approximate surface area is 186 Å². The van der Waals surface area contributed by atoms with E-state index in [1.165, 1.54) is 0 Å². The van der Waals surface area contributed by atoms with Crippen molar-refractivity contribution in [3.63, 3.8) is 0 Å². The molecule has 1 aliphatic heterocycles. The van der Waals surface area contributed by atoms with Crippen LogP contribution in [0.25, 0.3) is 22.0 Å². The van der Waals surface area contributed by atoms with Crippen molar-refractivity contribution in [3.05, 3.63) is 60.9 Å². The highest BCUT2D eigenvalue weighted by Gasteiger charge is 2.18. The summed E-state index contributed by atoms with van der Waals surface area (Å²) in [7, 11) is 1.68. The van der Waals surface area contributed by atoms with Gasteiger partial charge in [0.1, 0.15) is 11.6 Å². The first-order chi connectivity index (χ1) is 15.7. The minimum absolute atomic E-state index is 0.196. The van der Waals surface area contributed by atoms with Crippen LogP contribution in [0.2, 0.25) is 0 Å². The number of hydrogen-bond acceptors (Lipinski definition) is 8. The van der Waals surface area contributed by atoms with Gasteiger partial charge in [0.15, 0.2) is 0 Å². The maximum absolute atomic E-state index is 5.91. The van der Waals surface area contributed by atoms with Crippen LogP contribution < -0.4 is 20.7 Å². The summed E-state index contributed by atoms with van der Waals surface area (Å²) < 4.78 is 11.2. The number of benzene rings is 2. The van der Waals surface area contributed by atoms with Gasteiger partial charge in [-0.2, -0.15) is 4.98 Å². The van der Waals surface area contributed by atoms with Gasteiger partial charge in [0.2, 0.25) is 5.95 Å². The fraction of sp³-hybridized carbons (Fsp3) is 0.208. The molecule has 162 valence electrons. The van der Waals surface area contributed by atoms with E-state index in [4.69, 9.17) is 15.2 Å². The van der Waals surface area contributed by atoms with Crippen LogP contribution in [-0.2, 0) is 4.74 Å². The molecule has 0 atom stereocenters. The van der Waals surface area contributed by atoms with E-state index in [9.17, 15) is 0 Å². The largest absolute Gasteiger partial charge is 0.495 e. The second-order valence-corrected chi connectivity index (χ2v) is 7.52. The predicted octanol–water partition coefficient (Wildman–Crippen LogP) is 3.86. The van der Waals surface area contributed by atoms with Gasteiger partial charge in [-0.05, 0) is 29.8 Å². The zero-order valence-electron chi connectivity index (χ0n) is 17.8. The average Bonchev–Trinajstić information content (AvgIpc) is 2.84. The number of nitrogens with one attached hydrogen (secondary N) is 1. The molecule has 0 saturated carbocycles. The molecular weight excluding hydrogens is 404 g/mol. The van der Waals surface area contributed by atoms with Crippen LogP contribution in [0.3, 0.4) is 0 Å². The van der Waals surface area contributed by atoms with Crippen molar-refractivity contribution in [2.45, 2.75) is 0 Å². The maximum Gasteiger partial charge on any atom is 0.221 e. The highest BCUT2D eigenvalue weighted by Crippen LogP contribution is 2.36. The van der Waals surface area contributed by atoms with E-state index in [2.05, 4.69) is 31.2 Å². The molecule has 1 fully saturated rings. The van der Waals surface area contributed by atoms with E-state index >= 15 is 0 Å². The van der Waals surface area contributed by atoms with Crippen LogP contribution in [0.15, 0.2) is 60.9 Å². The molecule has 5 rings (SSSR count). The molecule has 8 nitrogen and oxygen atoms in total. The number of hydrogen-bond donors (Lipinski definition) is 2. The molecule has 0 spiro atoms. The van der Waals surface area contributed by atoms with Gasteiger partial charge in [0, 0.05) is 30.2 Å². The first-order valence-corrected chi connectivity index (χ1v) is 10.5. The number of nitrogen functional groups attached to an aromatic ring is 1. The van der Waals surface area contributed by atoms with E-state index in [1.807, 2.05) is 42.5 Å². The predicted molar refractivity (Wildman–Crippen MR) is 126 cm³/mol. The van der Waals surface area contributed by atoms with Gasteiger partial charge in [0.05, 0.1) is 43.4 Å². The third-order valence-corrected chi connectivity index (χ3v) is 5.50. The Balaban J connectivity index is 1.51. The number of aromatic nitrogens is 3. The topological polar surface area (TPSA) is 98.4 Å². The van der Waals surface area contributed by atoms with E-state index in [-0.39, 0.29) is 5.95 Å². The summed E-state index contributed by atoms with van der Waals surface area (Å²) in [5.41, 5.74) is 10.5. The van der Waals surface area contributed by atoms with Crippen molar-refractivity contribution in [1.29, 1.82) is 0 Å². The van der Waals surface area contributed by atoms with Gasteiger partial charge >= 0.3 is 0 Å². The van der Waals surface area contributed by atoms with Gasteiger partial charge in [-0.15, -0.1) is 0 Å². The van der Waals surface area contributed by atoms with E-state index in [0.29, 0.717) is 19.0 Å². The Morgan fingerprint density at radius 2 is 1.88 bits per heavy atom. The summed E-state index contributed by atoms with van der Waals surface area (Å²) in [6.07, 6.45) is 3.51. The Morgan fingerprint density at radius 3 is 2.72 bits per heavy atom. The highest BCUT2D eigenvalue weighted by molar-refractivity contribution is 5.85. The molecule has 0 amide bonds. The molecule has 2 aromatic heterocycles. The van der Waals surface area contributed by atoms with Crippen LogP contribution >= 0.6 is 0 Å². The highest BCUT2D eigenvalue weighted by atomic mass is 16.5. The number of rotatable bonds is 5. The lowest BCUT2D eigenvalue weighted by Gasteiger charge is -2.30. The third kappa shape index (κ3) is 4.00. The van der Waals surface area contributed by atoms with E-state index < -0.39 is 0 Å². The summed E-state index contributed by atoms with van der Waals surface area (Å²) in [5, 5.41) is 4.40. The first-order valence-electron chi connectivity index (χ1n) is 10.5. The van der Waals surface area contributed by atoms with Gasteiger partial charge in [0.25, 0.3) is 0 Å². The number of anilines is 4.